The lowest BCUT2D eigenvalue weighted by Gasteiger charge is -2.18. The summed E-state index contributed by atoms with van der Waals surface area (Å²) in [5.41, 5.74) is 0.827. The van der Waals surface area contributed by atoms with Gasteiger partial charge >= 0.3 is 0 Å². The van der Waals surface area contributed by atoms with Crippen molar-refractivity contribution in [2.75, 3.05) is 33.7 Å². The molecular weight excluding hydrogens is 203 g/mol. The molecule has 90 valence electrons. The van der Waals surface area contributed by atoms with Gasteiger partial charge in [-0.25, -0.2) is 4.39 Å². The van der Waals surface area contributed by atoms with Gasteiger partial charge in [-0.15, -0.1) is 0 Å². The molecule has 1 unspecified atom stereocenters. The Balaban J connectivity index is 2.53. The van der Waals surface area contributed by atoms with Crippen LogP contribution in [-0.2, 0) is 6.54 Å². The Morgan fingerprint density at radius 3 is 2.38 bits per heavy atom. The van der Waals surface area contributed by atoms with Gasteiger partial charge in [0.2, 0.25) is 0 Å². The molecule has 16 heavy (non-hydrogen) atoms. The monoisotopic (exact) mass is 226 g/mol. The minimum atomic E-state index is -0.0781. The van der Waals surface area contributed by atoms with Crippen LogP contribution < -0.4 is 9.80 Å². The van der Waals surface area contributed by atoms with Gasteiger partial charge in [-0.2, -0.15) is 0 Å². The summed E-state index contributed by atoms with van der Waals surface area (Å²) in [5, 5.41) is 0. The minimum Gasteiger partial charge on any atom is -0.335 e. The molecule has 0 amide bonds. The number of benzene rings is 1. The van der Waals surface area contributed by atoms with Crippen LogP contribution in [0.1, 0.15) is 12.5 Å². The van der Waals surface area contributed by atoms with Gasteiger partial charge in [0.1, 0.15) is 25.5 Å². The molecule has 1 atom stereocenters. The highest BCUT2D eigenvalue weighted by atomic mass is 19.1. The van der Waals surface area contributed by atoms with E-state index in [9.17, 15) is 4.39 Å². The van der Waals surface area contributed by atoms with E-state index in [2.05, 4.69) is 21.0 Å². The Morgan fingerprint density at radius 2 is 1.81 bits per heavy atom. The van der Waals surface area contributed by atoms with Crippen LogP contribution in [-0.4, -0.2) is 33.7 Å². The summed E-state index contributed by atoms with van der Waals surface area (Å²) in [7, 11) is 4.30. The maximum absolute atomic E-state index is 13.5. The second-order valence-corrected chi connectivity index (χ2v) is 4.58. The van der Waals surface area contributed by atoms with E-state index in [1.54, 1.807) is 12.1 Å². The van der Waals surface area contributed by atoms with Gasteiger partial charge in [0, 0.05) is 5.56 Å². The van der Waals surface area contributed by atoms with Crippen molar-refractivity contribution >= 4 is 0 Å². The van der Waals surface area contributed by atoms with Crippen LogP contribution in [0.15, 0.2) is 24.3 Å². The summed E-state index contributed by atoms with van der Waals surface area (Å²) in [6.07, 6.45) is 0. The van der Waals surface area contributed by atoms with Crippen LogP contribution in [0.3, 0.4) is 0 Å². The Hall–Kier alpha value is -0.930. The number of halogens is 1. The van der Waals surface area contributed by atoms with E-state index in [0.29, 0.717) is 0 Å². The van der Waals surface area contributed by atoms with Crippen molar-refractivity contribution in [3.63, 3.8) is 0 Å². The smallest absolute Gasteiger partial charge is 0.132 e. The number of quaternary nitrogens is 2. The zero-order chi connectivity index (χ0) is 12.0. The van der Waals surface area contributed by atoms with Crippen molar-refractivity contribution in [1.29, 1.82) is 0 Å². The number of hydrogen-bond donors (Lipinski definition) is 2. The standard InChI is InChI=1S/C13H21FN2/c1-4-16(10-9-15(2)3)11-12-7-5-6-8-13(12)14/h5-8H,4,9-11H2,1-3H3/p+2. The van der Waals surface area contributed by atoms with E-state index in [4.69, 9.17) is 0 Å². The number of likely N-dealkylation sites (N-methyl/N-ethyl adjacent to an activating group) is 2. The van der Waals surface area contributed by atoms with Gasteiger partial charge in [0.15, 0.2) is 0 Å². The van der Waals surface area contributed by atoms with Crippen LogP contribution in [0.5, 0.6) is 0 Å². The number of nitrogens with one attached hydrogen (secondary N) is 2. The molecular formula is C13H23FN2+2. The molecule has 0 radical (unpaired) electrons. The summed E-state index contributed by atoms with van der Waals surface area (Å²) in [6, 6.07) is 7.07. The first kappa shape index (κ1) is 13.1. The molecule has 0 aliphatic heterocycles. The Bertz CT molecular complexity index is 313. The van der Waals surface area contributed by atoms with Gasteiger partial charge in [0.25, 0.3) is 0 Å². The topological polar surface area (TPSA) is 8.88 Å². The average molecular weight is 226 g/mol. The van der Waals surface area contributed by atoms with Crippen molar-refractivity contribution in [2.24, 2.45) is 0 Å². The highest BCUT2D eigenvalue weighted by Crippen LogP contribution is 2.03. The third-order valence-electron chi connectivity index (χ3n) is 2.88. The fraction of sp³-hybridized carbons (Fsp3) is 0.538. The van der Waals surface area contributed by atoms with Crippen molar-refractivity contribution in [1.82, 2.24) is 0 Å². The lowest BCUT2D eigenvalue weighted by Crippen LogP contribution is -3.17. The summed E-state index contributed by atoms with van der Waals surface area (Å²) < 4.78 is 13.5. The zero-order valence-electron chi connectivity index (χ0n) is 10.5. The van der Waals surface area contributed by atoms with Crippen molar-refractivity contribution < 1.29 is 14.2 Å². The molecule has 0 aliphatic carbocycles. The third kappa shape index (κ3) is 4.29. The predicted molar refractivity (Wildman–Crippen MR) is 64.2 cm³/mol. The fourth-order valence-electron chi connectivity index (χ4n) is 1.73. The highest BCUT2D eigenvalue weighted by Gasteiger charge is 2.11. The molecule has 0 heterocycles. The SMILES string of the molecule is CC[NH+](CC[NH+](C)C)Cc1ccccc1F. The molecule has 1 rings (SSSR count). The summed E-state index contributed by atoms with van der Waals surface area (Å²) in [6.45, 7) is 6.20. The van der Waals surface area contributed by atoms with E-state index < -0.39 is 0 Å². The Morgan fingerprint density at radius 1 is 1.12 bits per heavy atom. The normalized spacial score (nSPS) is 13.1. The molecule has 0 bridgehead atoms. The van der Waals surface area contributed by atoms with E-state index in [0.717, 1.165) is 31.7 Å². The van der Waals surface area contributed by atoms with Crippen LogP contribution in [0.4, 0.5) is 4.39 Å². The first-order valence-electron chi connectivity index (χ1n) is 5.99. The quantitative estimate of drug-likeness (QED) is 0.639. The summed E-state index contributed by atoms with van der Waals surface area (Å²) in [4.78, 5) is 2.88. The number of rotatable bonds is 6. The minimum absolute atomic E-state index is 0.0781. The summed E-state index contributed by atoms with van der Waals surface area (Å²) >= 11 is 0. The molecule has 1 aromatic rings. The van der Waals surface area contributed by atoms with Crippen molar-refractivity contribution in [3.05, 3.63) is 35.6 Å². The molecule has 0 spiro atoms. The second-order valence-electron chi connectivity index (χ2n) is 4.58. The molecule has 2 nitrogen and oxygen atoms in total. The molecule has 1 aromatic carbocycles. The Labute approximate surface area is 97.7 Å². The van der Waals surface area contributed by atoms with Crippen LogP contribution in [0, 0.1) is 5.82 Å². The van der Waals surface area contributed by atoms with Crippen LogP contribution >= 0.6 is 0 Å². The van der Waals surface area contributed by atoms with E-state index >= 15 is 0 Å². The molecule has 0 fully saturated rings. The maximum Gasteiger partial charge on any atom is 0.132 e. The van der Waals surface area contributed by atoms with Crippen LogP contribution in [0.2, 0.25) is 0 Å². The van der Waals surface area contributed by atoms with Crippen LogP contribution in [0.25, 0.3) is 0 Å². The van der Waals surface area contributed by atoms with E-state index in [1.807, 2.05) is 12.1 Å². The summed E-state index contributed by atoms with van der Waals surface area (Å²) in [5.74, 6) is -0.0781. The molecule has 0 saturated heterocycles. The van der Waals surface area contributed by atoms with Crippen molar-refractivity contribution in [3.8, 4) is 0 Å². The van der Waals surface area contributed by atoms with E-state index in [-0.39, 0.29) is 5.82 Å². The Kier molecular flexibility index (Phi) is 5.43. The molecule has 3 heteroatoms. The van der Waals surface area contributed by atoms with E-state index in [1.165, 1.54) is 9.80 Å². The lowest BCUT2D eigenvalue weighted by molar-refractivity contribution is -0.949. The largest absolute Gasteiger partial charge is 0.335 e. The zero-order valence-corrected chi connectivity index (χ0v) is 10.5. The number of hydrogen-bond acceptors (Lipinski definition) is 0. The lowest BCUT2D eigenvalue weighted by atomic mass is 10.2. The van der Waals surface area contributed by atoms with Gasteiger partial charge in [-0.1, -0.05) is 18.2 Å². The van der Waals surface area contributed by atoms with Crippen molar-refractivity contribution in [2.45, 2.75) is 13.5 Å². The predicted octanol–water partition coefficient (Wildman–Crippen LogP) is -0.625. The molecule has 2 N–H and O–H groups in total. The third-order valence-corrected chi connectivity index (χ3v) is 2.88. The maximum atomic E-state index is 13.5. The average Bonchev–Trinajstić information content (AvgIpc) is 2.26. The first-order valence-corrected chi connectivity index (χ1v) is 5.99. The molecule has 0 saturated carbocycles. The highest BCUT2D eigenvalue weighted by molar-refractivity contribution is 5.15. The second kappa shape index (κ2) is 6.61. The van der Waals surface area contributed by atoms with Gasteiger partial charge in [-0.05, 0) is 13.0 Å². The fourth-order valence-corrected chi connectivity index (χ4v) is 1.73. The first-order chi connectivity index (χ1) is 7.63. The molecule has 0 aromatic heterocycles. The van der Waals surface area contributed by atoms with Gasteiger partial charge < -0.3 is 9.80 Å². The van der Waals surface area contributed by atoms with Gasteiger partial charge in [0.05, 0.1) is 20.6 Å². The van der Waals surface area contributed by atoms with Gasteiger partial charge in [-0.3, -0.25) is 0 Å². The molecule has 0 aliphatic rings.